The summed E-state index contributed by atoms with van der Waals surface area (Å²) in [5.74, 6) is 1.27. The molecular weight excluding hydrogens is 374 g/mol. The van der Waals surface area contributed by atoms with Gasteiger partial charge in [0.05, 0.1) is 13.3 Å². The lowest BCUT2D eigenvalue weighted by atomic mass is 10.0. The summed E-state index contributed by atoms with van der Waals surface area (Å²) < 4.78 is 6.93. The Balaban J connectivity index is 1.57. The van der Waals surface area contributed by atoms with Gasteiger partial charge in [-0.1, -0.05) is 41.7 Å². The molecular formula is C20H23N5O2S+2. The lowest BCUT2D eigenvalue weighted by Crippen LogP contribution is -3.27. The minimum Gasteiger partial charge on any atom is -0.492 e. The van der Waals surface area contributed by atoms with Crippen molar-refractivity contribution in [2.75, 3.05) is 33.2 Å². The molecule has 3 N–H and O–H groups in total. The van der Waals surface area contributed by atoms with E-state index < -0.39 is 0 Å². The maximum atomic E-state index is 11.0. The fourth-order valence-corrected chi connectivity index (χ4v) is 5.09. The van der Waals surface area contributed by atoms with Gasteiger partial charge in [0.2, 0.25) is 16.7 Å². The van der Waals surface area contributed by atoms with E-state index in [4.69, 9.17) is 4.42 Å². The highest BCUT2D eigenvalue weighted by Crippen LogP contribution is 2.35. The molecule has 1 aliphatic rings. The molecule has 1 atom stereocenters. The summed E-state index contributed by atoms with van der Waals surface area (Å²) in [5, 5.41) is 15.5. The van der Waals surface area contributed by atoms with Gasteiger partial charge in [-0.05, 0) is 12.1 Å². The van der Waals surface area contributed by atoms with Gasteiger partial charge in [-0.15, -0.1) is 5.10 Å². The highest BCUT2D eigenvalue weighted by Gasteiger charge is 2.35. The molecule has 0 bridgehead atoms. The van der Waals surface area contributed by atoms with E-state index in [2.05, 4.69) is 41.4 Å². The second-order valence-electron chi connectivity index (χ2n) is 7.36. The van der Waals surface area contributed by atoms with Crippen LogP contribution in [0.3, 0.4) is 0 Å². The van der Waals surface area contributed by atoms with E-state index in [1.54, 1.807) is 17.2 Å². The Morgan fingerprint density at radius 3 is 2.57 bits per heavy atom. The Morgan fingerprint density at radius 2 is 1.89 bits per heavy atom. The van der Waals surface area contributed by atoms with Gasteiger partial charge in [0.25, 0.3) is 0 Å². The van der Waals surface area contributed by atoms with Gasteiger partial charge in [-0.3, -0.25) is 0 Å². The number of fused-ring (bicyclic) bond motifs is 1. The van der Waals surface area contributed by atoms with Crippen LogP contribution in [0.1, 0.15) is 16.5 Å². The van der Waals surface area contributed by atoms with E-state index in [0.29, 0.717) is 16.5 Å². The Morgan fingerprint density at radius 1 is 1.11 bits per heavy atom. The summed E-state index contributed by atoms with van der Waals surface area (Å²) >= 11 is 1.51. The fourth-order valence-electron chi connectivity index (χ4n) is 3.95. The first kappa shape index (κ1) is 17.4. The van der Waals surface area contributed by atoms with Crippen molar-refractivity contribution >= 4 is 16.3 Å². The third-order valence-electron chi connectivity index (χ3n) is 5.49. The van der Waals surface area contributed by atoms with E-state index in [9.17, 15) is 5.11 Å². The first-order chi connectivity index (χ1) is 13.7. The summed E-state index contributed by atoms with van der Waals surface area (Å²) in [5.41, 5.74) is 1.21. The van der Waals surface area contributed by atoms with Crippen molar-refractivity contribution in [2.45, 2.75) is 6.04 Å². The number of thiazole rings is 1. The van der Waals surface area contributed by atoms with Gasteiger partial charge in [0, 0.05) is 5.56 Å². The largest absolute Gasteiger partial charge is 0.492 e. The second kappa shape index (κ2) is 7.05. The predicted molar refractivity (Wildman–Crippen MR) is 106 cm³/mol. The molecule has 0 aliphatic carbocycles. The number of nitrogens with one attached hydrogen (secondary N) is 2. The third-order valence-corrected chi connectivity index (χ3v) is 6.58. The number of furan rings is 1. The predicted octanol–water partition coefficient (Wildman–Crippen LogP) is 0.259. The molecule has 144 valence electrons. The average Bonchev–Trinajstić information content (AvgIpc) is 3.43. The van der Waals surface area contributed by atoms with Crippen LogP contribution < -0.4 is 9.80 Å². The number of piperazine rings is 1. The zero-order chi connectivity index (χ0) is 19.1. The third kappa shape index (κ3) is 2.99. The number of benzene rings is 1. The van der Waals surface area contributed by atoms with E-state index in [1.807, 2.05) is 12.1 Å². The van der Waals surface area contributed by atoms with E-state index in [1.165, 1.54) is 26.3 Å². The first-order valence-corrected chi connectivity index (χ1v) is 10.4. The number of aromatic hydroxyl groups is 1. The molecule has 1 aliphatic heterocycles. The number of quaternary nitrogens is 2. The van der Waals surface area contributed by atoms with Crippen LogP contribution in [-0.4, -0.2) is 52.9 Å². The van der Waals surface area contributed by atoms with E-state index >= 15 is 0 Å². The van der Waals surface area contributed by atoms with Crippen LogP contribution in [0, 0.1) is 0 Å². The Labute approximate surface area is 166 Å². The molecule has 0 saturated carbocycles. The lowest BCUT2D eigenvalue weighted by Gasteiger charge is -2.33. The van der Waals surface area contributed by atoms with Gasteiger partial charge >= 0.3 is 0 Å². The quantitative estimate of drug-likeness (QED) is 0.462. The van der Waals surface area contributed by atoms with Gasteiger partial charge < -0.3 is 19.3 Å². The number of nitrogens with zero attached hydrogens (tertiary/aromatic N) is 3. The molecule has 3 aromatic heterocycles. The first-order valence-electron chi connectivity index (χ1n) is 9.54. The smallest absolute Gasteiger partial charge is 0.235 e. The average molecular weight is 398 g/mol. The summed E-state index contributed by atoms with van der Waals surface area (Å²) in [6.45, 7) is 4.39. The maximum absolute atomic E-state index is 11.0. The molecule has 5 rings (SSSR count). The van der Waals surface area contributed by atoms with Crippen molar-refractivity contribution in [1.82, 2.24) is 14.6 Å². The normalized spacial score (nSPS) is 21.2. The van der Waals surface area contributed by atoms with Crippen LogP contribution in [0.2, 0.25) is 0 Å². The lowest BCUT2D eigenvalue weighted by molar-refractivity contribution is -1.02. The van der Waals surface area contributed by atoms with Gasteiger partial charge in [-0.25, -0.2) is 0 Å². The van der Waals surface area contributed by atoms with Gasteiger partial charge in [-0.2, -0.15) is 9.50 Å². The summed E-state index contributed by atoms with van der Waals surface area (Å²) in [7, 11) is 2.24. The minimum absolute atomic E-state index is 0.0786. The standard InChI is InChI=1S/C20H21N5O2S/c1-23-9-11-24(12-10-23)16(14-6-3-2-4-7-14)17-19(26)25-20(28-17)21-18(22-25)15-8-5-13-27-15/h2-8,13,16,26H,9-12H2,1H3/p+2/t16-/m0/s1. The fraction of sp³-hybridized carbons (Fsp3) is 0.300. The zero-order valence-corrected chi connectivity index (χ0v) is 16.4. The number of hydrogen-bond donors (Lipinski definition) is 3. The van der Waals surface area contributed by atoms with Crippen molar-refractivity contribution in [2.24, 2.45) is 0 Å². The van der Waals surface area contributed by atoms with Crippen LogP contribution in [0.4, 0.5) is 0 Å². The van der Waals surface area contributed by atoms with Crippen molar-refractivity contribution in [3.8, 4) is 17.5 Å². The minimum atomic E-state index is 0.0786. The van der Waals surface area contributed by atoms with Gasteiger partial charge in [0.1, 0.15) is 31.1 Å². The van der Waals surface area contributed by atoms with Crippen LogP contribution in [0.15, 0.2) is 53.1 Å². The van der Waals surface area contributed by atoms with E-state index in [-0.39, 0.29) is 11.9 Å². The van der Waals surface area contributed by atoms with Crippen LogP contribution in [0.5, 0.6) is 5.88 Å². The van der Waals surface area contributed by atoms with Gasteiger partial charge in [0.15, 0.2) is 11.8 Å². The molecule has 1 fully saturated rings. The van der Waals surface area contributed by atoms with E-state index in [0.717, 1.165) is 31.1 Å². The highest BCUT2D eigenvalue weighted by molar-refractivity contribution is 7.17. The second-order valence-corrected chi connectivity index (χ2v) is 8.37. The molecule has 4 heterocycles. The maximum Gasteiger partial charge on any atom is 0.235 e. The number of likely N-dealkylation sites (N-methyl/N-ethyl adjacent to an activating group) is 1. The molecule has 0 amide bonds. The zero-order valence-electron chi connectivity index (χ0n) is 15.6. The highest BCUT2D eigenvalue weighted by atomic mass is 32.1. The van der Waals surface area contributed by atoms with Crippen molar-refractivity contribution in [3.05, 3.63) is 59.2 Å². The van der Waals surface area contributed by atoms with Crippen molar-refractivity contribution in [3.63, 3.8) is 0 Å². The molecule has 0 spiro atoms. The SMILES string of the molecule is C[NH+]1CC[NH+]([C@@H](c2ccccc2)c2sc3nc(-c4ccco4)nn3c2O)CC1. The molecule has 7 nitrogen and oxygen atoms in total. The summed E-state index contributed by atoms with van der Waals surface area (Å²) in [6.07, 6.45) is 1.60. The Bertz CT molecular complexity index is 1070. The van der Waals surface area contributed by atoms with Crippen LogP contribution >= 0.6 is 11.3 Å². The molecule has 4 aromatic rings. The molecule has 8 heteroatoms. The monoisotopic (exact) mass is 397 g/mol. The summed E-state index contributed by atoms with van der Waals surface area (Å²) in [6, 6.07) is 14.1. The molecule has 1 aromatic carbocycles. The van der Waals surface area contributed by atoms with Crippen LogP contribution in [-0.2, 0) is 0 Å². The van der Waals surface area contributed by atoms with Crippen LogP contribution in [0.25, 0.3) is 16.5 Å². The molecule has 0 unspecified atom stereocenters. The Hall–Kier alpha value is -2.68. The number of aromatic nitrogens is 3. The molecule has 28 heavy (non-hydrogen) atoms. The van der Waals surface area contributed by atoms with Crippen molar-refractivity contribution < 1.29 is 19.3 Å². The topological polar surface area (TPSA) is 72.4 Å². The number of hydrogen-bond acceptors (Lipinski definition) is 5. The Kier molecular flexibility index (Phi) is 4.38. The van der Waals surface area contributed by atoms with Crippen molar-refractivity contribution in [1.29, 1.82) is 0 Å². The molecule has 0 radical (unpaired) electrons. The molecule has 1 saturated heterocycles. The summed E-state index contributed by atoms with van der Waals surface area (Å²) in [4.78, 5) is 9.21. The number of rotatable bonds is 4.